The summed E-state index contributed by atoms with van der Waals surface area (Å²) in [6, 6.07) is 6.40. The Hall–Kier alpha value is -4.28. The van der Waals surface area contributed by atoms with Gasteiger partial charge in [0.05, 0.1) is 91.5 Å². The number of carboxylic acids is 1. The van der Waals surface area contributed by atoms with Crippen molar-refractivity contribution in [3.8, 4) is 5.75 Å². The van der Waals surface area contributed by atoms with E-state index in [0.717, 1.165) is 44.9 Å². The van der Waals surface area contributed by atoms with Gasteiger partial charge in [-0.15, -0.1) is 0 Å². The molecule has 0 saturated carbocycles. The zero-order valence-corrected chi connectivity index (χ0v) is 35.5. The van der Waals surface area contributed by atoms with Crippen molar-refractivity contribution < 1.29 is 76.5 Å². The molecule has 0 spiro atoms. The molecule has 1 aromatic carbocycles. The summed E-state index contributed by atoms with van der Waals surface area (Å²) in [5.74, 6) is -1.15. The van der Waals surface area contributed by atoms with E-state index in [9.17, 15) is 28.8 Å². The summed E-state index contributed by atoms with van der Waals surface area (Å²) in [6.45, 7) is 4.92. The number of hydrogen-bond acceptors (Lipinski definition) is 15. The molecule has 20 nitrogen and oxygen atoms in total. The van der Waals surface area contributed by atoms with Crippen LogP contribution in [0.25, 0.3) is 0 Å². The molecule has 0 aliphatic rings. The first kappa shape index (κ1) is 54.7. The lowest BCUT2D eigenvalue weighted by molar-refractivity contribution is -0.128. The Labute approximate surface area is 358 Å². The third-order valence-corrected chi connectivity index (χ3v) is 8.07. The van der Waals surface area contributed by atoms with Crippen molar-refractivity contribution in [3.05, 3.63) is 29.8 Å². The van der Waals surface area contributed by atoms with Gasteiger partial charge in [0.15, 0.2) is 0 Å². The molecule has 1 rings (SSSR count). The predicted molar refractivity (Wildman–Crippen MR) is 220 cm³/mol. The highest BCUT2D eigenvalue weighted by Gasteiger charge is 2.06. The summed E-state index contributed by atoms with van der Waals surface area (Å²) in [6.07, 6.45) is 8.27. The van der Waals surface area contributed by atoms with Crippen LogP contribution in [-0.4, -0.2) is 179 Å². The van der Waals surface area contributed by atoms with Crippen molar-refractivity contribution in [3.63, 3.8) is 0 Å². The van der Waals surface area contributed by atoms with Gasteiger partial charge in [0.1, 0.15) is 38.5 Å². The average Bonchev–Trinajstić information content (AvgIpc) is 3.25. The first-order chi connectivity index (χ1) is 29.8. The predicted octanol–water partition coefficient (Wildman–Crippen LogP) is 0.681. The van der Waals surface area contributed by atoms with Crippen LogP contribution in [0.5, 0.6) is 5.75 Å². The molecule has 0 bridgehead atoms. The third-order valence-electron chi connectivity index (χ3n) is 8.07. The number of hydrogen-bond donors (Lipinski definition) is 5. The third kappa shape index (κ3) is 37.2. The average molecular weight is 873 g/mol. The zero-order valence-electron chi connectivity index (χ0n) is 35.5. The Bertz CT molecular complexity index is 1290. The lowest BCUT2D eigenvalue weighted by Gasteiger charge is -2.09. The van der Waals surface area contributed by atoms with E-state index in [0.29, 0.717) is 77.7 Å². The number of carbonyl (C=O) groups is 6. The standard InChI is InChI=1S/C41H68N4O16/c46-17-23-57-25-24-53-20-14-43-38(48)32-59-30-27-55-22-16-45-40(50)34-60-31-28-56-21-15-44-39(49)33-58-29-26-54-19-13-42-37(47)8-6-4-2-1-3-5-7-18-61-36-11-9-35(10-12-36)41(51)52/h9-12,17H,1-8,13-16,18-34H2,(H,42,47)(H,43,48)(H,44,49)(H,45,50)(H,51,52). The number of nitrogens with one attached hydrogen (secondary N) is 4. The Kier molecular flexibility index (Phi) is 36.9. The zero-order chi connectivity index (χ0) is 44.3. The highest BCUT2D eigenvalue weighted by molar-refractivity contribution is 5.87. The van der Waals surface area contributed by atoms with Crippen molar-refractivity contribution in [2.75, 3.05) is 138 Å². The second kappa shape index (κ2) is 41.1. The van der Waals surface area contributed by atoms with Crippen molar-refractivity contribution in [1.82, 2.24) is 21.3 Å². The molecule has 0 heterocycles. The van der Waals surface area contributed by atoms with Gasteiger partial charge in [-0.25, -0.2) is 4.79 Å². The molecule has 0 aliphatic heterocycles. The lowest BCUT2D eigenvalue weighted by Crippen LogP contribution is -2.32. The number of rotatable bonds is 44. The molecule has 0 aromatic heterocycles. The monoisotopic (exact) mass is 872 g/mol. The van der Waals surface area contributed by atoms with E-state index in [-0.39, 0.29) is 108 Å². The van der Waals surface area contributed by atoms with Gasteiger partial charge in [0.2, 0.25) is 23.6 Å². The van der Waals surface area contributed by atoms with Gasteiger partial charge < -0.3 is 73.8 Å². The van der Waals surface area contributed by atoms with Crippen molar-refractivity contribution in [1.29, 1.82) is 0 Å². The number of carboxylic acid groups (broad SMARTS) is 1. The summed E-state index contributed by atoms with van der Waals surface area (Å²) < 4.78 is 47.8. The van der Waals surface area contributed by atoms with Crippen molar-refractivity contribution in [2.24, 2.45) is 0 Å². The maximum atomic E-state index is 12.0. The van der Waals surface area contributed by atoms with Gasteiger partial charge in [0, 0.05) is 32.6 Å². The topological polar surface area (TPSA) is 254 Å². The van der Waals surface area contributed by atoms with Gasteiger partial charge in [-0.2, -0.15) is 0 Å². The lowest BCUT2D eigenvalue weighted by atomic mass is 10.1. The van der Waals surface area contributed by atoms with E-state index in [1.807, 2.05) is 0 Å². The van der Waals surface area contributed by atoms with Crippen LogP contribution in [0, 0.1) is 0 Å². The fourth-order valence-electron chi connectivity index (χ4n) is 4.95. The summed E-state index contributed by atoms with van der Waals surface area (Å²) in [5, 5.41) is 19.8. The summed E-state index contributed by atoms with van der Waals surface area (Å²) in [7, 11) is 0. The smallest absolute Gasteiger partial charge is 0.335 e. The highest BCUT2D eigenvalue weighted by Crippen LogP contribution is 2.14. The van der Waals surface area contributed by atoms with Gasteiger partial charge in [-0.05, 0) is 37.1 Å². The Balaban J connectivity index is 1.76. The first-order valence-electron chi connectivity index (χ1n) is 20.9. The maximum Gasteiger partial charge on any atom is 0.335 e. The van der Waals surface area contributed by atoms with Crippen LogP contribution < -0.4 is 26.0 Å². The van der Waals surface area contributed by atoms with Crippen LogP contribution in [0.4, 0.5) is 0 Å². The van der Waals surface area contributed by atoms with Crippen LogP contribution in [0.1, 0.15) is 61.7 Å². The summed E-state index contributed by atoms with van der Waals surface area (Å²) in [5.41, 5.74) is 0.239. The number of amides is 4. The quantitative estimate of drug-likeness (QED) is 0.0447. The fraction of sp³-hybridized carbons (Fsp3) is 0.707. The Morgan fingerprint density at radius 2 is 0.820 bits per heavy atom. The first-order valence-corrected chi connectivity index (χ1v) is 20.9. The SMILES string of the molecule is O=CCOCCOCCNC(=O)COCCOCCNC(=O)COCCOCCNC(=O)COCCOCCNC(=O)CCCCCCCCCOc1ccc(C(=O)O)cc1. The molecular formula is C41H68N4O16. The van der Waals surface area contributed by atoms with Crippen molar-refractivity contribution >= 4 is 35.9 Å². The maximum absolute atomic E-state index is 12.0. The van der Waals surface area contributed by atoms with Crippen LogP contribution in [-0.2, 0) is 61.9 Å². The second-order valence-electron chi connectivity index (χ2n) is 13.2. The second-order valence-corrected chi connectivity index (χ2v) is 13.2. The molecule has 20 heteroatoms. The van der Waals surface area contributed by atoms with E-state index in [1.165, 1.54) is 12.1 Å². The van der Waals surface area contributed by atoms with Gasteiger partial charge >= 0.3 is 5.97 Å². The number of unbranched alkanes of at least 4 members (excludes halogenated alkanes) is 6. The fourth-order valence-corrected chi connectivity index (χ4v) is 4.95. The molecular weight excluding hydrogens is 804 g/mol. The van der Waals surface area contributed by atoms with Gasteiger partial charge in [-0.3, -0.25) is 19.2 Å². The van der Waals surface area contributed by atoms with E-state index in [4.69, 9.17) is 47.7 Å². The largest absolute Gasteiger partial charge is 0.494 e. The number of aromatic carboxylic acids is 1. The molecule has 0 saturated heterocycles. The minimum Gasteiger partial charge on any atom is -0.494 e. The number of benzene rings is 1. The molecule has 348 valence electrons. The molecule has 5 N–H and O–H groups in total. The Morgan fingerprint density at radius 3 is 1.25 bits per heavy atom. The van der Waals surface area contributed by atoms with E-state index in [2.05, 4.69) is 21.3 Å². The minimum atomic E-state index is -0.955. The van der Waals surface area contributed by atoms with E-state index < -0.39 is 5.97 Å². The summed E-state index contributed by atoms with van der Waals surface area (Å²) >= 11 is 0. The van der Waals surface area contributed by atoms with Crippen LogP contribution in [0.2, 0.25) is 0 Å². The van der Waals surface area contributed by atoms with Crippen LogP contribution in [0.15, 0.2) is 24.3 Å². The molecule has 4 amide bonds. The van der Waals surface area contributed by atoms with E-state index >= 15 is 0 Å². The van der Waals surface area contributed by atoms with Crippen LogP contribution >= 0.6 is 0 Å². The van der Waals surface area contributed by atoms with E-state index in [1.54, 1.807) is 12.1 Å². The molecule has 0 aliphatic carbocycles. The molecule has 0 unspecified atom stereocenters. The Morgan fingerprint density at radius 1 is 0.443 bits per heavy atom. The number of aldehydes is 1. The highest BCUT2D eigenvalue weighted by atomic mass is 16.5. The number of ether oxygens (including phenoxy) is 9. The number of carbonyl (C=O) groups excluding carboxylic acids is 5. The van der Waals surface area contributed by atoms with Crippen LogP contribution in [0.3, 0.4) is 0 Å². The molecule has 61 heavy (non-hydrogen) atoms. The van der Waals surface area contributed by atoms with Gasteiger partial charge in [-0.1, -0.05) is 32.1 Å². The normalized spacial score (nSPS) is 10.9. The minimum absolute atomic E-state index is 0.00125. The molecule has 0 atom stereocenters. The molecule has 0 fully saturated rings. The molecule has 0 radical (unpaired) electrons. The molecule has 1 aromatic rings. The summed E-state index contributed by atoms with van der Waals surface area (Å²) in [4.78, 5) is 68.4. The van der Waals surface area contributed by atoms with Crippen molar-refractivity contribution in [2.45, 2.75) is 51.4 Å². The van der Waals surface area contributed by atoms with Gasteiger partial charge in [0.25, 0.3) is 0 Å².